The smallest absolute Gasteiger partial charge is 0.315 e. The fourth-order valence-corrected chi connectivity index (χ4v) is 3.99. The molecule has 0 bridgehead atoms. The van der Waals surface area contributed by atoms with E-state index in [2.05, 4.69) is 0 Å². The zero-order valence-corrected chi connectivity index (χ0v) is 17.1. The molecule has 2 aromatic carbocycles. The third-order valence-electron chi connectivity index (χ3n) is 3.99. The Kier molecular flexibility index (Phi) is 6.04. The number of carbonyl (C=O) groups excluding carboxylic acids is 1. The number of thioether (sulfide) groups is 1. The maximum atomic E-state index is 12.9. The molecule has 0 aromatic heterocycles. The molecule has 8 nitrogen and oxygen atoms in total. The quantitative estimate of drug-likeness (QED) is 0.315. The number of amides is 1. The molecule has 0 radical (unpaired) electrons. The molecule has 1 heterocycles. The molecule has 1 saturated heterocycles. The highest BCUT2D eigenvalue weighted by molar-refractivity contribution is 8.27. The van der Waals surface area contributed by atoms with Gasteiger partial charge in [-0.25, -0.2) is 0 Å². The summed E-state index contributed by atoms with van der Waals surface area (Å²) in [5, 5.41) is 21.1. The monoisotopic (exact) mass is 432 g/mol. The third-order valence-corrected chi connectivity index (χ3v) is 5.29. The minimum atomic E-state index is -0.722. The van der Waals surface area contributed by atoms with Gasteiger partial charge in [-0.3, -0.25) is 19.8 Å². The lowest BCUT2D eigenvalue weighted by Crippen LogP contribution is -2.27. The number of benzene rings is 2. The van der Waals surface area contributed by atoms with E-state index in [4.69, 9.17) is 21.7 Å². The molecule has 1 amide bonds. The van der Waals surface area contributed by atoms with Crippen LogP contribution in [0.25, 0.3) is 6.08 Å². The summed E-state index contributed by atoms with van der Waals surface area (Å²) < 4.78 is 10.7. The number of phenolic OH excluding ortho intramolecular Hbond substituents is 1. The van der Waals surface area contributed by atoms with Crippen LogP contribution in [0, 0.1) is 10.1 Å². The number of phenols is 1. The minimum Gasteiger partial charge on any atom is -0.500 e. The number of ether oxygens (including phenoxy) is 2. The lowest BCUT2D eigenvalue weighted by Gasteiger charge is -2.15. The summed E-state index contributed by atoms with van der Waals surface area (Å²) in [6.45, 7) is 2.41. The van der Waals surface area contributed by atoms with Crippen molar-refractivity contribution in [1.29, 1.82) is 0 Å². The van der Waals surface area contributed by atoms with Crippen molar-refractivity contribution in [3.05, 3.63) is 57.0 Å². The first-order valence-electron chi connectivity index (χ1n) is 8.42. The van der Waals surface area contributed by atoms with Crippen LogP contribution < -0.4 is 14.4 Å². The van der Waals surface area contributed by atoms with Gasteiger partial charge in [-0.1, -0.05) is 24.0 Å². The summed E-state index contributed by atoms with van der Waals surface area (Å²) in [7, 11) is 1.29. The number of rotatable bonds is 6. The third kappa shape index (κ3) is 4.17. The summed E-state index contributed by atoms with van der Waals surface area (Å²) in [5.74, 6) is -0.302. The summed E-state index contributed by atoms with van der Waals surface area (Å²) in [5.41, 5.74) is 0.407. The maximum Gasteiger partial charge on any atom is 0.315 e. The summed E-state index contributed by atoms with van der Waals surface area (Å²) >= 11 is 6.42. The fourth-order valence-electron chi connectivity index (χ4n) is 2.69. The molecular formula is C19H16N2O6S2. The predicted octanol–water partition coefficient (Wildman–Crippen LogP) is 4.11. The van der Waals surface area contributed by atoms with Crippen LogP contribution in [-0.4, -0.2) is 34.0 Å². The van der Waals surface area contributed by atoms with Crippen molar-refractivity contribution < 1.29 is 24.3 Å². The second kappa shape index (κ2) is 8.50. The molecule has 1 N–H and O–H groups in total. The Bertz CT molecular complexity index is 1020. The van der Waals surface area contributed by atoms with Crippen molar-refractivity contribution in [2.45, 2.75) is 6.92 Å². The maximum absolute atomic E-state index is 12.9. The van der Waals surface area contributed by atoms with Gasteiger partial charge in [0.2, 0.25) is 5.75 Å². The molecule has 1 aliphatic rings. The highest BCUT2D eigenvalue weighted by Crippen LogP contribution is 2.40. The molecule has 1 fully saturated rings. The van der Waals surface area contributed by atoms with Crippen LogP contribution >= 0.6 is 24.0 Å². The van der Waals surface area contributed by atoms with Crippen LogP contribution in [0.5, 0.6) is 17.2 Å². The van der Waals surface area contributed by atoms with Crippen molar-refractivity contribution in [2.75, 3.05) is 18.6 Å². The van der Waals surface area contributed by atoms with Crippen molar-refractivity contribution in [3.8, 4) is 17.2 Å². The van der Waals surface area contributed by atoms with E-state index in [0.717, 1.165) is 11.8 Å². The molecule has 29 heavy (non-hydrogen) atoms. The van der Waals surface area contributed by atoms with Crippen LogP contribution in [0.2, 0.25) is 0 Å². The molecule has 150 valence electrons. The predicted molar refractivity (Wildman–Crippen MR) is 115 cm³/mol. The SMILES string of the molecule is CCOc1ccc(N2C(=O)/C(=C\c3cc(OC)c(O)c([N+](=O)[O-])c3)SC2=S)cc1. The van der Waals surface area contributed by atoms with Crippen molar-refractivity contribution >= 4 is 51.7 Å². The molecule has 0 spiro atoms. The Morgan fingerprint density at radius 1 is 1.31 bits per heavy atom. The number of methoxy groups -OCH3 is 1. The Hall–Kier alpha value is -3.11. The van der Waals surface area contributed by atoms with E-state index in [1.807, 2.05) is 6.92 Å². The summed E-state index contributed by atoms with van der Waals surface area (Å²) in [4.78, 5) is 25.0. The van der Waals surface area contributed by atoms with Gasteiger partial charge in [0.1, 0.15) is 5.75 Å². The summed E-state index contributed by atoms with van der Waals surface area (Å²) in [6.07, 6.45) is 1.48. The fraction of sp³-hybridized carbons (Fsp3) is 0.158. The molecule has 0 unspecified atom stereocenters. The van der Waals surface area contributed by atoms with E-state index in [0.29, 0.717) is 32.8 Å². The molecule has 0 aliphatic carbocycles. The lowest BCUT2D eigenvalue weighted by molar-refractivity contribution is -0.386. The first kappa shape index (κ1) is 20.6. The summed E-state index contributed by atoms with van der Waals surface area (Å²) in [6, 6.07) is 9.53. The van der Waals surface area contributed by atoms with Crippen molar-refractivity contribution in [3.63, 3.8) is 0 Å². The van der Waals surface area contributed by atoms with Crippen molar-refractivity contribution in [1.82, 2.24) is 0 Å². The van der Waals surface area contributed by atoms with Crippen LogP contribution in [0.15, 0.2) is 41.3 Å². The number of nitro groups is 1. The van der Waals surface area contributed by atoms with E-state index in [-0.39, 0.29) is 11.7 Å². The molecule has 0 atom stereocenters. The van der Waals surface area contributed by atoms with Gasteiger partial charge in [-0.05, 0) is 48.9 Å². The zero-order chi connectivity index (χ0) is 21.1. The second-order valence-corrected chi connectivity index (χ2v) is 7.47. The molecule has 2 aromatic rings. The normalized spacial score (nSPS) is 15.1. The average Bonchev–Trinajstić information content (AvgIpc) is 2.97. The van der Waals surface area contributed by atoms with Crippen LogP contribution in [0.3, 0.4) is 0 Å². The average molecular weight is 432 g/mol. The second-order valence-electron chi connectivity index (χ2n) is 5.79. The van der Waals surface area contributed by atoms with E-state index in [9.17, 15) is 20.0 Å². The lowest BCUT2D eigenvalue weighted by atomic mass is 10.1. The molecule has 3 rings (SSSR count). The van der Waals surface area contributed by atoms with Gasteiger partial charge in [-0.2, -0.15) is 0 Å². The number of thiocarbonyl (C=S) groups is 1. The number of hydrogen-bond donors (Lipinski definition) is 1. The zero-order valence-electron chi connectivity index (χ0n) is 15.4. The number of carbonyl (C=O) groups is 1. The highest BCUT2D eigenvalue weighted by atomic mass is 32.2. The number of hydrogen-bond acceptors (Lipinski definition) is 8. The Labute approximate surface area is 175 Å². The van der Waals surface area contributed by atoms with Gasteiger partial charge in [0.05, 0.1) is 29.2 Å². The van der Waals surface area contributed by atoms with Gasteiger partial charge in [0.25, 0.3) is 5.91 Å². The minimum absolute atomic E-state index is 0.0626. The van der Waals surface area contributed by atoms with Crippen molar-refractivity contribution in [2.24, 2.45) is 0 Å². The Morgan fingerprint density at radius 2 is 2.00 bits per heavy atom. The van der Waals surface area contributed by atoms with E-state index in [1.165, 1.54) is 30.2 Å². The molecular weight excluding hydrogens is 416 g/mol. The highest BCUT2D eigenvalue weighted by Gasteiger charge is 2.33. The standard InChI is InChI=1S/C19H16N2O6S2/c1-3-27-13-6-4-12(5-7-13)20-18(23)16(29-19(20)28)10-11-8-14(21(24)25)17(22)15(9-11)26-2/h4-10,22H,3H2,1-2H3/b16-10+. The van der Waals surface area contributed by atoms with Crippen LogP contribution in [0.4, 0.5) is 11.4 Å². The van der Waals surface area contributed by atoms with Crippen LogP contribution in [0.1, 0.15) is 12.5 Å². The first-order chi connectivity index (χ1) is 13.8. The first-order valence-corrected chi connectivity index (χ1v) is 9.64. The molecule has 10 heteroatoms. The molecule has 0 saturated carbocycles. The van der Waals surface area contributed by atoms with E-state index in [1.54, 1.807) is 24.3 Å². The van der Waals surface area contributed by atoms with Gasteiger partial charge >= 0.3 is 5.69 Å². The van der Waals surface area contributed by atoms with Gasteiger partial charge < -0.3 is 14.6 Å². The Morgan fingerprint density at radius 3 is 2.59 bits per heavy atom. The molecule has 1 aliphatic heterocycles. The van der Waals surface area contributed by atoms with Gasteiger partial charge in [-0.15, -0.1) is 0 Å². The number of aromatic hydroxyl groups is 1. The van der Waals surface area contributed by atoms with Gasteiger partial charge in [0.15, 0.2) is 10.1 Å². The number of anilines is 1. The number of nitrogens with zero attached hydrogens (tertiary/aromatic N) is 2. The topological polar surface area (TPSA) is 102 Å². The largest absolute Gasteiger partial charge is 0.500 e. The van der Waals surface area contributed by atoms with E-state index < -0.39 is 16.4 Å². The number of nitro benzene ring substituents is 1. The Balaban J connectivity index is 1.94. The van der Waals surface area contributed by atoms with Gasteiger partial charge in [0, 0.05) is 6.07 Å². The van der Waals surface area contributed by atoms with E-state index >= 15 is 0 Å². The van der Waals surface area contributed by atoms with Crippen LogP contribution in [-0.2, 0) is 4.79 Å².